The Morgan fingerprint density at radius 3 is 2.52 bits per heavy atom. The first-order chi connectivity index (χ1) is 12.2. The summed E-state index contributed by atoms with van der Waals surface area (Å²) < 4.78 is 0. The molecule has 25 heavy (non-hydrogen) atoms. The lowest BCUT2D eigenvalue weighted by molar-refractivity contribution is 0.150. The average Bonchev–Trinajstić information content (AvgIpc) is 3.24. The van der Waals surface area contributed by atoms with Crippen molar-refractivity contribution in [3.8, 4) is 0 Å². The Bertz CT molecular complexity index is 568. The van der Waals surface area contributed by atoms with E-state index in [4.69, 9.17) is 0 Å². The van der Waals surface area contributed by atoms with Crippen LogP contribution < -0.4 is 10.6 Å². The van der Waals surface area contributed by atoms with Crippen molar-refractivity contribution in [2.75, 3.05) is 26.7 Å². The second-order valence-corrected chi connectivity index (χ2v) is 8.67. The van der Waals surface area contributed by atoms with Gasteiger partial charge in [-0.2, -0.15) is 0 Å². The smallest absolute Gasteiger partial charge is 0.191 e. The van der Waals surface area contributed by atoms with Gasteiger partial charge in [-0.3, -0.25) is 4.99 Å². The number of nitrogens with zero attached hydrogens (tertiary/aromatic N) is 3. The molecule has 2 fully saturated rings. The number of hydrogen-bond donors (Lipinski definition) is 2. The molecule has 1 aliphatic carbocycles. The van der Waals surface area contributed by atoms with Crippen LogP contribution in [0.2, 0.25) is 0 Å². The van der Waals surface area contributed by atoms with Crippen molar-refractivity contribution in [2.45, 2.75) is 70.9 Å². The second-order valence-electron chi connectivity index (χ2n) is 7.38. The zero-order valence-corrected chi connectivity index (χ0v) is 16.8. The van der Waals surface area contributed by atoms with Crippen LogP contribution in [0, 0.1) is 13.8 Å². The molecule has 6 heteroatoms. The van der Waals surface area contributed by atoms with Gasteiger partial charge >= 0.3 is 0 Å². The van der Waals surface area contributed by atoms with Crippen molar-refractivity contribution in [1.29, 1.82) is 0 Å². The zero-order valence-electron chi connectivity index (χ0n) is 16.0. The SMILES string of the molecule is CN=C(NCCc1sc(C)nc1C)NC1CCN(C2CCCC2)CC1. The molecule has 1 saturated carbocycles. The third kappa shape index (κ3) is 5.17. The summed E-state index contributed by atoms with van der Waals surface area (Å²) >= 11 is 1.80. The van der Waals surface area contributed by atoms with Crippen LogP contribution in [0.1, 0.15) is 54.1 Å². The number of aromatic nitrogens is 1. The molecule has 0 spiro atoms. The molecule has 0 radical (unpaired) electrons. The first-order valence-corrected chi connectivity index (χ1v) is 10.6. The molecule has 2 aliphatic rings. The molecule has 1 aromatic heterocycles. The number of aryl methyl sites for hydroxylation is 2. The summed E-state index contributed by atoms with van der Waals surface area (Å²) in [6, 6.07) is 1.42. The van der Waals surface area contributed by atoms with E-state index in [1.165, 1.54) is 62.2 Å². The average molecular weight is 364 g/mol. The van der Waals surface area contributed by atoms with Crippen LogP contribution in [0.3, 0.4) is 0 Å². The number of likely N-dealkylation sites (tertiary alicyclic amines) is 1. The summed E-state index contributed by atoms with van der Waals surface area (Å²) in [5.74, 6) is 0.943. The molecule has 1 aromatic rings. The Morgan fingerprint density at radius 2 is 1.92 bits per heavy atom. The van der Waals surface area contributed by atoms with Crippen LogP contribution in [0.5, 0.6) is 0 Å². The third-order valence-corrected chi connectivity index (χ3v) is 6.71. The Hall–Kier alpha value is -1.14. The van der Waals surface area contributed by atoms with Crippen LogP contribution >= 0.6 is 11.3 Å². The summed E-state index contributed by atoms with van der Waals surface area (Å²) in [5.41, 5.74) is 1.17. The highest BCUT2D eigenvalue weighted by molar-refractivity contribution is 7.11. The molecular weight excluding hydrogens is 330 g/mol. The Labute approximate surface area is 156 Å². The van der Waals surface area contributed by atoms with Gasteiger partial charge in [-0.25, -0.2) is 4.98 Å². The van der Waals surface area contributed by atoms with Gasteiger partial charge in [-0.15, -0.1) is 11.3 Å². The maximum Gasteiger partial charge on any atom is 0.191 e. The van der Waals surface area contributed by atoms with Gasteiger partial charge < -0.3 is 15.5 Å². The summed E-state index contributed by atoms with van der Waals surface area (Å²) in [6.07, 6.45) is 9.15. The Morgan fingerprint density at radius 1 is 1.20 bits per heavy atom. The number of rotatable bonds is 5. The summed E-state index contributed by atoms with van der Waals surface area (Å²) in [6.45, 7) is 7.55. The predicted molar refractivity (Wildman–Crippen MR) is 107 cm³/mol. The van der Waals surface area contributed by atoms with E-state index in [0.29, 0.717) is 6.04 Å². The van der Waals surface area contributed by atoms with Crippen molar-refractivity contribution in [1.82, 2.24) is 20.5 Å². The van der Waals surface area contributed by atoms with Crippen LogP contribution in [0.15, 0.2) is 4.99 Å². The van der Waals surface area contributed by atoms with Crippen molar-refractivity contribution in [3.63, 3.8) is 0 Å². The summed E-state index contributed by atoms with van der Waals surface area (Å²) in [5, 5.41) is 8.25. The van der Waals surface area contributed by atoms with Gasteiger partial charge in [0.15, 0.2) is 5.96 Å². The minimum Gasteiger partial charge on any atom is -0.356 e. The molecule has 5 nitrogen and oxygen atoms in total. The number of nitrogens with one attached hydrogen (secondary N) is 2. The molecule has 1 saturated heterocycles. The molecule has 0 aromatic carbocycles. The lowest BCUT2D eigenvalue weighted by Crippen LogP contribution is -2.50. The largest absolute Gasteiger partial charge is 0.356 e. The van der Waals surface area contributed by atoms with E-state index in [0.717, 1.165) is 30.0 Å². The molecule has 2 heterocycles. The second kappa shape index (κ2) is 8.99. The molecule has 0 amide bonds. The number of piperidine rings is 1. The quantitative estimate of drug-likeness (QED) is 0.624. The molecule has 1 aliphatic heterocycles. The fraction of sp³-hybridized carbons (Fsp3) is 0.789. The highest BCUT2D eigenvalue weighted by Gasteiger charge is 2.27. The van der Waals surface area contributed by atoms with E-state index >= 15 is 0 Å². The maximum absolute atomic E-state index is 4.50. The first kappa shape index (κ1) is 18.6. The van der Waals surface area contributed by atoms with E-state index in [1.807, 2.05) is 7.05 Å². The highest BCUT2D eigenvalue weighted by atomic mass is 32.1. The van der Waals surface area contributed by atoms with Crippen LogP contribution in [-0.4, -0.2) is 54.6 Å². The fourth-order valence-electron chi connectivity index (χ4n) is 4.17. The van der Waals surface area contributed by atoms with Crippen molar-refractivity contribution in [2.24, 2.45) is 4.99 Å². The minimum absolute atomic E-state index is 0.552. The molecule has 0 atom stereocenters. The zero-order chi connectivity index (χ0) is 17.6. The Balaban J connectivity index is 1.38. The van der Waals surface area contributed by atoms with Crippen LogP contribution in [0.25, 0.3) is 0 Å². The molecular formula is C19H33N5S. The van der Waals surface area contributed by atoms with E-state index < -0.39 is 0 Å². The van der Waals surface area contributed by atoms with Gasteiger partial charge in [0.25, 0.3) is 0 Å². The molecule has 0 unspecified atom stereocenters. The first-order valence-electron chi connectivity index (χ1n) is 9.80. The topological polar surface area (TPSA) is 52.6 Å². The normalized spacial score (nSPS) is 21.0. The molecule has 140 valence electrons. The standard InChI is InChI=1S/C19H33N5S/c1-14-18(25-15(2)22-14)8-11-21-19(20-3)23-16-9-12-24(13-10-16)17-6-4-5-7-17/h16-17H,4-13H2,1-3H3,(H2,20,21,23). The van der Waals surface area contributed by atoms with Gasteiger partial charge in [-0.1, -0.05) is 12.8 Å². The van der Waals surface area contributed by atoms with Crippen molar-refractivity contribution < 1.29 is 0 Å². The molecule has 2 N–H and O–H groups in total. The molecule has 3 rings (SSSR count). The maximum atomic E-state index is 4.50. The summed E-state index contributed by atoms with van der Waals surface area (Å²) in [4.78, 5) is 13.0. The van der Waals surface area contributed by atoms with Crippen LogP contribution in [-0.2, 0) is 6.42 Å². The predicted octanol–water partition coefficient (Wildman–Crippen LogP) is 2.87. The number of thiazole rings is 1. The van der Waals surface area contributed by atoms with Gasteiger partial charge in [-0.05, 0) is 39.5 Å². The fourth-order valence-corrected chi connectivity index (χ4v) is 5.10. The summed E-state index contributed by atoms with van der Waals surface area (Å²) in [7, 11) is 1.87. The van der Waals surface area contributed by atoms with Gasteiger partial charge in [0.1, 0.15) is 0 Å². The lowest BCUT2D eigenvalue weighted by Gasteiger charge is -2.36. The van der Waals surface area contributed by atoms with E-state index in [-0.39, 0.29) is 0 Å². The van der Waals surface area contributed by atoms with E-state index in [9.17, 15) is 0 Å². The molecule has 0 bridgehead atoms. The third-order valence-electron chi connectivity index (χ3n) is 5.58. The monoisotopic (exact) mass is 363 g/mol. The number of hydrogen-bond acceptors (Lipinski definition) is 4. The van der Waals surface area contributed by atoms with E-state index in [2.05, 4.69) is 39.4 Å². The number of guanidine groups is 1. The van der Waals surface area contributed by atoms with E-state index in [1.54, 1.807) is 11.3 Å². The van der Waals surface area contributed by atoms with Gasteiger partial charge in [0, 0.05) is 50.1 Å². The highest BCUT2D eigenvalue weighted by Crippen LogP contribution is 2.26. The van der Waals surface area contributed by atoms with Crippen molar-refractivity contribution in [3.05, 3.63) is 15.6 Å². The van der Waals surface area contributed by atoms with Gasteiger partial charge in [0.2, 0.25) is 0 Å². The Kier molecular flexibility index (Phi) is 6.70. The van der Waals surface area contributed by atoms with Crippen LogP contribution in [0.4, 0.5) is 0 Å². The lowest BCUT2D eigenvalue weighted by atomic mass is 10.0. The van der Waals surface area contributed by atoms with Crippen molar-refractivity contribution >= 4 is 17.3 Å². The minimum atomic E-state index is 0.552. The number of aliphatic imine (C=N–C) groups is 1. The van der Waals surface area contributed by atoms with Gasteiger partial charge in [0.05, 0.1) is 10.7 Å².